The molecule has 1 fully saturated rings. The van der Waals surface area contributed by atoms with Crippen molar-refractivity contribution in [3.63, 3.8) is 0 Å². The van der Waals surface area contributed by atoms with Gasteiger partial charge in [-0.3, -0.25) is 0 Å². The first-order valence-corrected chi connectivity index (χ1v) is 6.68. The third-order valence-corrected chi connectivity index (χ3v) is 3.94. The molecule has 19 heavy (non-hydrogen) atoms. The molecule has 5 heteroatoms. The zero-order valence-corrected chi connectivity index (χ0v) is 11.7. The van der Waals surface area contributed by atoms with Gasteiger partial charge in [0.25, 0.3) is 0 Å². The van der Waals surface area contributed by atoms with Crippen molar-refractivity contribution in [3.05, 3.63) is 28.8 Å². The molecule has 1 saturated carbocycles. The van der Waals surface area contributed by atoms with Gasteiger partial charge in [0.1, 0.15) is 0 Å². The smallest absolute Gasteiger partial charge is 0.382 e. The molecule has 1 atom stereocenters. The lowest BCUT2D eigenvalue weighted by Crippen LogP contribution is -2.18. The molecule has 0 aliphatic heterocycles. The number of hydrogen-bond donors (Lipinski definition) is 1. The average molecular weight is 292 g/mol. The van der Waals surface area contributed by atoms with Crippen LogP contribution in [0, 0.1) is 5.41 Å². The molecular weight excluding hydrogens is 275 g/mol. The average Bonchev–Trinajstić information content (AvgIpc) is 2.59. The quantitative estimate of drug-likeness (QED) is 0.774. The maximum atomic E-state index is 12.8. The fraction of sp³-hybridized carbons (Fsp3) is 0.571. The second kappa shape index (κ2) is 4.89. The molecule has 0 spiro atoms. The molecule has 1 unspecified atom stereocenters. The van der Waals surface area contributed by atoms with E-state index in [-0.39, 0.29) is 16.5 Å². The number of rotatable bonds is 2. The van der Waals surface area contributed by atoms with E-state index in [9.17, 15) is 13.2 Å². The molecule has 0 heterocycles. The Morgan fingerprint density at radius 2 is 2.00 bits per heavy atom. The lowest BCUT2D eigenvalue weighted by Gasteiger charge is -2.19. The van der Waals surface area contributed by atoms with Crippen molar-refractivity contribution in [1.82, 2.24) is 0 Å². The van der Waals surface area contributed by atoms with Crippen LogP contribution in [0.1, 0.15) is 38.7 Å². The van der Waals surface area contributed by atoms with Gasteiger partial charge in [-0.25, -0.2) is 0 Å². The van der Waals surface area contributed by atoms with Crippen molar-refractivity contribution in [2.75, 3.05) is 5.32 Å². The highest BCUT2D eigenvalue weighted by Gasteiger charge is 2.34. The van der Waals surface area contributed by atoms with E-state index in [4.69, 9.17) is 11.6 Å². The fourth-order valence-electron chi connectivity index (χ4n) is 2.63. The molecule has 1 aromatic carbocycles. The molecule has 1 aliphatic rings. The third kappa shape index (κ3) is 3.56. The number of anilines is 1. The molecular formula is C14H17ClF3N. The van der Waals surface area contributed by atoms with Crippen molar-refractivity contribution in [3.8, 4) is 0 Å². The van der Waals surface area contributed by atoms with E-state index >= 15 is 0 Å². The first-order valence-electron chi connectivity index (χ1n) is 6.31. The zero-order chi connectivity index (χ0) is 14.3. The summed E-state index contributed by atoms with van der Waals surface area (Å²) in [5, 5.41) is 2.92. The van der Waals surface area contributed by atoms with Gasteiger partial charge in [0.2, 0.25) is 0 Å². The van der Waals surface area contributed by atoms with Gasteiger partial charge in [-0.05, 0) is 42.9 Å². The summed E-state index contributed by atoms with van der Waals surface area (Å²) in [5.41, 5.74) is -0.0346. The SMILES string of the molecule is CC1(C)CCC(Nc2ccc(Cl)c(C(F)(F)F)c2)C1. The van der Waals surface area contributed by atoms with E-state index < -0.39 is 11.7 Å². The van der Waals surface area contributed by atoms with Crippen LogP contribution in [0.4, 0.5) is 18.9 Å². The lowest BCUT2D eigenvalue weighted by atomic mass is 9.92. The van der Waals surface area contributed by atoms with Crippen LogP contribution in [-0.2, 0) is 6.18 Å². The second-order valence-electron chi connectivity index (χ2n) is 5.94. The zero-order valence-electron chi connectivity index (χ0n) is 10.9. The van der Waals surface area contributed by atoms with Gasteiger partial charge in [0, 0.05) is 11.7 Å². The summed E-state index contributed by atoms with van der Waals surface area (Å²) in [6.45, 7) is 4.36. The molecule has 2 rings (SSSR count). The van der Waals surface area contributed by atoms with Crippen molar-refractivity contribution < 1.29 is 13.2 Å². The van der Waals surface area contributed by atoms with E-state index in [1.165, 1.54) is 6.07 Å². The Labute approximate surface area is 116 Å². The minimum Gasteiger partial charge on any atom is -0.382 e. The monoisotopic (exact) mass is 291 g/mol. The molecule has 1 N–H and O–H groups in total. The van der Waals surface area contributed by atoms with Crippen molar-refractivity contribution in [1.29, 1.82) is 0 Å². The Hall–Kier alpha value is -0.900. The van der Waals surface area contributed by atoms with Crippen molar-refractivity contribution in [2.24, 2.45) is 5.41 Å². The Balaban J connectivity index is 2.14. The molecule has 1 nitrogen and oxygen atoms in total. The Morgan fingerprint density at radius 3 is 2.53 bits per heavy atom. The van der Waals surface area contributed by atoms with Gasteiger partial charge in [0.05, 0.1) is 10.6 Å². The normalized spacial score (nSPS) is 22.5. The predicted molar refractivity (Wildman–Crippen MR) is 71.5 cm³/mol. The van der Waals surface area contributed by atoms with Crippen molar-refractivity contribution >= 4 is 17.3 Å². The molecule has 1 aromatic rings. The Kier molecular flexibility index (Phi) is 3.74. The number of nitrogens with one attached hydrogen (secondary N) is 1. The summed E-state index contributed by atoms with van der Waals surface area (Å²) in [6, 6.07) is 4.22. The topological polar surface area (TPSA) is 12.0 Å². The van der Waals surface area contributed by atoms with E-state index in [1.54, 1.807) is 6.07 Å². The minimum absolute atomic E-state index is 0.234. The standard InChI is InChI=1S/C14H17ClF3N/c1-13(2)6-5-10(8-13)19-9-3-4-12(15)11(7-9)14(16,17)18/h3-4,7,10,19H,5-6,8H2,1-2H3. The second-order valence-corrected chi connectivity index (χ2v) is 6.35. The lowest BCUT2D eigenvalue weighted by molar-refractivity contribution is -0.137. The minimum atomic E-state index is -4.41. The summed E-state index contributed by atoms with van der Waals surface area (Å²) < 4.78 is 38.3. The van der Waals surface area contributed by atoms with Gasteiger partial charge in [-0.1, -0.05) is 25.4 Å². The van der Waals surface area contributed by atoms with Crippen LogP contribution in [0.5, 0.6) is 0 Å². The molecule has 1 aliphatic carbocycles. The molecule has 0 bridgehead atoms. The van der Waals surface area contributed by atoms with Crippen LogP contribution in [0.25, 0.3) is 0 Å². The highest BCUT2D eigenvalue weighted by molar-refractivity contribution is 6.31. The van der Waals surface area contributed by atoms with Crippen LogP contribution in [0.2, 0.25) is 5.02 Å². The highest BCUT2D eigenvalue weighted by atomic mass is 35.5. The predicted octanol–water partition coefficient (Wildman–Crippen LogP) is 5.35. The van der Waals surface area contributed by atoms with Gasteiger partial charge in [0.15, 0.2) is 0 Å². The first-order chi connectivity index (χ1) is 8.67. The largest absolute Gasteiger partial charge is 0.417 e. The first kappa shape index (κ1) is 14.5. The van der Waals surface area contributed by atoms with Crippen LogP contribution in [-0.4, -0.2) is 6.04 Å². The number of alkyl halides is 3. The molecule has 0 amide bonds. The summed E-state index contributed by atoms with van der Waals surface area (Å²) in [6.07, 6.45) is -1.37. The van der Waals surface area contributed by atoms with E-state index in [0.29, 0.717) is 5.69 Å². The molecule has 0 saturated heterocycles. The molecule has 106 valence electrons. The number of benzene rings is 1. The van der Waals surface area contributed by atoms with Crippen molar-refractivity contribution in [2.45, 2.75) is 45.3 Å². The number of halogens is 4. The Bertz CT molecular complexity index is 468. The van der Waals surface area contributed by atoms with Crippen LogP contribution >= 0.6 is 11.6 Å². The van der Waals surface area contributed by atoms with Crippen LogP contribution < -0.4 is 5.32 Å². The molecule has 0 radical (unpaired) electrons. The van der Waals surface area contributed by atoms with Gasteiger partial charge in [-0.15, -0.1) is 0 Å². The van der Waals surface area contributed by atoms with Gasteiger partial charge in [-0.2, -0.15) is 13.2 Å². The molecule has 0 aromatic heterocycles. The summed E-state index contributed by atoms with van der Waals surface area (Å²) in [7, 11) is 0. The van der Waals surface area contributed by atoms with Crippen LogP contribution in [0.15, 0.2) is 18.2 Å². The van der Waals surface area contributed by atoms with E-state index in [1.807, 2.05) is 0 Å². The van der Waals surface area contributed by atoms with E-state index in [0.717, 1.165) is 25.3 Å². The fourth-order valence-corrected chi connectivity index (χ4v) is 2.85. The van der Waals surface area contributed by atoms with Gasteiger partial charge < -0.3 is 5.32 Å². The summed E-state index contributed by atoms with van der Waals surface area (Å²) in [4.78, 5) is 0. The van der Waals surface area contributed by atoms with Gasteiger partial charge >= 0.3 is 6.18 Å². The third-order valence-electron chi connectivity index (χ3n) is 3.61. The maximum Gasteiger partial charge on any atom is 0.417 e. The Morgan fingerprint density at radius 1 is 1.32 bits per heavy atom. The number of hydrogen-bond acceptors (Lipinski definition) is 1. The summed E-state index contributed by atoms with van der Waals surface area (Å²) in [5.74, 6) is 0. The van der Waals surface area contributed by atoms with Crippen LogP contribution in [0.3, 0.4) is 0 Å². The van der Waals surface area contributed by atoms with E-state index in [2.05, 4.69) is 19.2 Å². The maximum absolute atomic E-state index is 12.8. The highest BCUT2D eigenvalue weighted by Crippen LogP contribution is 2.40. The summed E-state index contributed by atoms with van der Waals surface area (Å²) >= 11 is 5.60.